The van der Waals surface area contributed by atoms with Crippen molar-refractivity contribution in [2.24, 2.45) is 0 Å². The summed E-state index contributed by atoms with van der Waals surface area (Å²) < 4.78 is 5.47. The Labute approximate surface area is 156 Å². The van der Waals surface area contributed by atoms with E-state index in [-0.39, 0.29) is 17.7 Å². The lowest BCUT2D eigenvalue weighted by Gasteiger charge is -2.20. The number of aryl methyl sites for hydroxylation is 2. The molecule has 0 saturated heterocycles. The van der Waals surface area contributed by atoms with Gasteiger partial charge in [0.05, 0.1) is 17.5 Å². The molecule has 1 heterocycles. The van der Waals surface area contributed by atoms with Crippen LogP contribution in [0.1, 0.15) is 48.4 Å². The highest BCUT2D eigenvalue weighted by molar-refractivity contribution is 7.99. The second-order valence-electron chi connectivity index (χ2n) is 6.21. The maximum atomic E-state index is 12.2. The van der Waals surface area contributed by atoms with Gasteiger partial charge in [0.2, 0.25) is 11.8 Å². The first-order valence-electron chi connectivity index (χ1n) is 8.51. The van der Waals surface area contributed by atoms with Gasteiger partial charge in [0, 0.05) is 0 Å². The summed E-state index contributed by atoms with van der Waals surface area (Å²) >= 11 is 2.90. The largest absolute Gasteiger partial charge is 0.415 e. The summed E-state index contributed by atoms with van der Waals surface area (Å²) in [5, 5.41) is 11.4. The Morgan fingerprint density at radius 3 is 2.88 bits per heavy atom. The number of hydrogen-bond donors (Lipinski definition) is 1. The number of aromatic nitrogens is 2. The molecule has 134 valence electrons. The van der Waals surface area contributed by atoms with Gasteiger partial charge in [-0.2, -0.15) is 11.8 Å². The molecule has 7 heteroatoms. The van der Waals surface area contributed by atoms with Gasteiger partial charge < -0.3 is 9.73 Å². The average molecular weight is 378 g/mol. The van der Waals surface area contributed by atoms with E-state index in [1.807, 2.05) is 13.2 Å². The molecule has 1 atom stereocenters. The molecule has 1 unspecified atom stereocenters. The van der Waals surface area contributed by atoms with Gasteiger partial charge in [0.25, 0.3) is 5.22 Å². The Morgan fingerprint density at radius 2 is 2.08 bits per heavy atom. The first-order valence-corrected chi connectivity index (χ1v) is 10.9. The Morgan fingerprint density at radius 1 is 1.28 bits per heavy atom. The molecule has 25 heavy (non-hydrogen) atoms. The minimum absolute atomic E-state index is 0.00457. The van der Waals surface area contributed by atoms with Gasteiger partial charge in [0.1, 0.15) is 0 Å². The van der Waals surface area contributed by atoms with E-state index < -0.39 is 0 Å². The molecule has 1 aliphatic carbocycles. The van der Waals surface area contributed by atoms with Gasteiger partial charge in [-0.1, -0.05) is 30.0 Å². The Balaban J connectivity index is 1.51. The van der Waals surface area contributed by atoms with Gasteiger partial charge in [-0.05, 0) is 55.6 Å². The minimum Gasteiger partial charge on any atom is -0.415 e. The molecular formula is C18H23N3O2S2. The fourth-order valence-corrected chi connectivity index (χ4v) is 3.95. The SMILES string of the molecule is CSCc1nnc(SCC(=O)NC(C)c2ccc3c(c2)CCCC3)o1. The smallest absolute Gasteiger partial charge is 0.277 e. The molecule has 0 aliphatic heterocycles. The quantitative estimate of drug-likeness (QED) is 0.741. The third-order valence-electron chi connectivity index (χ3n) is 4.29. The number of rotatable bonds is 7. The molecule has 0 fully saturated rings. The first-order chi connectivity index (χ1) is 12.2. The highest BCUT2D eigenvalue weighted by atomic mass is 32.2. The number of nitrogens with one attached hydrogen (secondary N) is 1. The Bertz CT molecular complexity index is 733. The molecule has 3 rings (SSSR count). The van der Waals surface area contributed by atoms with Crippen molar-refractivity contribution in [1.29, 1.82) is 0 Å². The molecule has 0 radical (unpaired) electrons. The third kappa shape index (κ3) is 5.01. The van der Waals surface area contributed by atoms with E-state index in [4.69, 9.17) is 4.42 Å². The lowest BCUT2D eigenvalue weighted by molar-refractivity contribution is -0.119. The summed E-state index contributed by atoms with van der Waals surface area (Å²) in [6.07, 6.45) is 6.85. The zero-order valence-electron chi connectivity index (χ0n) is 14.6. The Kier molecular flexibility index (Phi) is 6.42. The van der Waals surface area contributed by atoms with Crippen molar-refractivity contribution in [3.05, 3.63) is 40.8 Å². The molecular weight excluding hydrogens is 354 g/mol. The summed E-state index contributed by atoms with van der Waals surface area (Å²) in [6.45, 7) is 2.02. The molecule has 1 aliphatic rings. The number of carbonyl (C=O) groups excluding carboxylic acids is 1. The van der Waals surface area contributed by atoms with Gasteiger partial charge in [-0.3, -0.25) is 4.79 Å². The summed E-state index contributed by atoms with van der Waals surface area (Å²) in [5.41, 5.74) is 4.06. The van der Waals surface area contributed by atoms with Crippen LogP contribution >= 0.6 is 23.5 Å². The van der Waals surface area contributed by atoms with E-state index in [0.717, 1.165) is 6.42 Å². The predicted octanol–water partition coefficient (Wildman–Crippen LogP) is 3.78. The van der Waals surface area contributed by atoms with Crippen LogP contribution in [0.2, 0.25) is 0 Å². The lowest BCUT2D eigenvalue weighted by atomic mass is 9.89. The molecule has 1 amide bonds. The molecule has 2 aromatic rings. The van der Waals surface area contributed by atoms with E-state index in [1.165, 1.54) is 47.7 Å². The van der Waals surface area contributed by atoms with Crippen LogP contribution in [-0.4, -0.2) is 28.1 Å². The Hall–Kier alpha value is -1.47. The van der Waals surface area contributed by atoms with Crippen molar-refractivity contribution in [3.8, 4) is 0 Å². The summed E-state index contributed by atoms with van der Waals surface area (Å²) in [6, 6.07) is 6.59. The van der Waals surface area contributed by atoms with Crippen LogP contribution in [0.5, 0.6) is 0 Å². The number of benzene rings is 1. The number of amides is 1. The molecule has 1 aromatic carbocycles. The maximum Gasteiger partial charge on any atom is 0.277 e. The monoisotopic (exact) mass is 377 g/mol. The van der Waals surface area contributed by atoms with Crippen molar-refractivity contribution in [2.75, 3.05) is 12.0 Å². The van der Waals surface area contributed by atoms with Crippen molar-refractivity contribution in [1.82, 2.24) is 15.5 Å². The molecule has 1 N–H and O–H groups in total. The number of carbonyl (C=O) groups is 1. The fourth-order valence-electron chi connectivity index (χ4n) is 2.99. The topological polar surface area (TPSA) is 68.0 Å². The normalized spacial score (nSPS) is 14.8. The van der Waals surface area contributed by atoms with E-state index in [1.54, 1.807) is 11.8 Å². The number of hydrogen-bond acceptors (Lipinski definition) is 6. The van der Waals surface area contributed by atoms with Crippen LogP contribution in [0.4, 0.5) is 0 Å². The summed E-state index contributed by atoms with van der Waals surface area (Å²) in [5.74, 6) is 1.53. The minimum atomic E-state index is -0.0279. The van der Waals surface area contributed by atoms with E-state index in [2.05, 4.69) is 33.7 Å². The first kappa shape index (κ1) is 18.3. The van der Waals surface area contributed by atoms with Crippen molar-refractivity contribution in [3.63, 3.8) is 0 Å². The summed E-state index contributed by atoms with van der Waals surface area (Å²) in [7, 11) is 0. The van der Waals surface area contributed by atoms with Gasteiger partial charge >= 0.3 is 0 Å². The third-order valence-corrected chi connectivity index (χ3v) is 5.65. The number of thioether (sulfide) groups is 2. The van der Waals surface area contributed by atoms with Crippen molar-refractivity contribution in [2.45, 2.75) is 49.6 Å². The predicted molar refractivity (Wildman–Crippen MR) is 102 cm³/mol. The zero-order chi connectivity index (χ0) is 17.6. The van der Waals surface area contributed by atoms with E-state index >= 15 is 0 Å². The van der Waals surface area contributed by atoms with Crippen LogP contribution < -0.4 is 5.32 Å². The molecule has 0 bridgehead atoms. The highest BCUT2D eigenvalue weighted by Gasteiger charge is 2.15. The number of nitrogens with zero attached hydrogens (tertiary/aromatic N) is 2. The fraction of sp³-hybridized carbons (Fsp3) is 0.500. The second-order valence-corrected chi connectivity index (χ2v) is 8.00. The second kappa shape index (κ2) is 8.76. The van der Waals surface area contributed by atoms with Crippen LogP contribution in [0, 0.1) is 0 Å². The average Bonchev–Trinajstić information content (AvgIpc) is 3.07. The van der Waals surface area contributed by atoms with Gasteiger partial charge in [0.15, 0.2) is 0 Å². The van der Waals surface area contributed by atoms with Gasteiger partial charge in [-0.25, -0.2) is 0 Å². The summed E-state index contributed by atoms with van der Waals surface area (Å²) in [4.78, 5) is 12.2. The van der Waals surface area contributed by atoms with Crippen LogP contribution in [0.3, 0.4) is 0 Å². The van der Waals surface area contributed by atoms with Gasteiger partial charge in [-0.15, -0.1) is 10.2 Å². The maximum absolute atomic E-state index is 12.2. The zero-order valence-corrected chi connectivity index (χ0v) is 16.2. The van der Waals surface area contributed by atoms with Crippen molar-refractivity contribution < 1.29 is 9.21 Å². The molecule has 1 aromatic heterocycles. The van der Waals surface area contributed by atoms with Crippen LogP contribution in [0.15, 0.2) is 27.8 Å². The molecule has 0 spiro atoms. The van der Waals surface area contributed by atoms with Crippen molar-refractivity contribution >= 4 is 29.4 Å². The highest BCUT2D eigenvalue weighted by Crippen LogP contribution is 2.25. The number of fused-ring (bicyclic) bond motifs is 1. The van der Waals surface area contributed by atoms with E-state index in [9.17, 15) is 4.79 Å². The van der Waals surface area contributed by atoms with Crippen LogP contribution in [-0.2, 0) is 23.4 Å². The molecule has 0 saturated carbocycles. The lowest BCUT2D eigenvalue weighted by Crippen LogP contribution is -2.28. The van der Waals surface area contributed by atoms with Crippen LogP contribution in [0.25, 0.3) is 0 Å². The molecule has 5 nitrogen and oxygen atoms in total. The van der Waals surface area contributed by atoms with E-state index in [0.29, 0.717) is 16.9 Å². The standard InChI is InChI=1S/C18H23N3O2S2/c1-12(14-8-7-13-5-3-4-6-15(13)9-14)19-16(22)10-25-18-21-20-17(23-18)11-24-2/h7-9,12H,3-6,10-11H2,1-2H3,(H,19,22).